The first-order valence-electron chi connectivity index (χ1n) is 11.9. The second-order valence-corrected chi connectivity index (χ2v) is 9.25. The molecule has 1 amide bonds. The van der Waals surface area contributed by atoms with Crippen molar-refractivity contribution in [3.63, 3.8) is 0 Å². The van der Waals surface area contributed by atoms with E-state index in [1.54, 1.807) is 5.38 Å². The van der Waals surface area contributed by atoms with Crippen LogP contribution in [0.5, 0.6) is 0 Å². The summed E-state index contributed by atoms with van der Waals surface area (Å²) in [4.78, 5) is 36.0. The lowest BCUT2D eigenvalue weighted by molar-refractivity contribution is -0.139. The highest BCUT2D eigenvalue weighted by molar-refractivity contribution is 7.13. The summed E-state index contributed by atoms with van der Waals surface area (Å²) in [5.41, 5.74) is 14.1. The fourth-order valence-electron chi connectivity index (χ4n) is 3.20. The molecular weight excluding hydrogens is 510 g/mol. The monoisotopic (exact) mass is 543 g/mol. The molecule has 0 saturated carbocycles. The van der Waals surface area contributed by atoms with Gasteiger partial charge in [-0.25, -0.2) is 4.98 Å². The van der Waals surface area contributed by atoms with Crippen molar-refractivity contribution < 1.29 is 29.7 Å². The molecule has 0 unspecified atom stereocenters. The van der Waals surface area contributed by atoms with Gasteiger partial charge in [-0.05, 0) is 42.6 Å². The van der Waals surface area contributed by atoms with E-state index >= 15 is 0 Å². The summed E-state index contributed by atoms with van der Waals surface area (Å²) in [5.74, 6) is -2.31. The summed E-state index contributed by atoms with van der Waals surface area (Å²) in [7, 11) is 0. The predicted molar refractivity (Wildman–Crippen MR) is 146 cm³/mol. The number of hydrogen-bond donors (Lipinski definition) is 7. The average Bonchev–Trinajstić information content (AvgIpc) is 3.30. The molecule has 204 valence electrons. The Morgan fingerprint density at radius 3 is 2.29 bits per heavy atom. The number of carboxylic acids is 2. The number of nitrogen functional groups attached to an aromatic ring is 1. The van der Waals surface area contributed by atoms with E-state index in [-0.39, 0.29) is 25.2 Å². The van der Waals surface area contributed by atoms with Crippen molar-refractivity contribution in [2.75, 3.05) is 24.1 Å². The van der Waals surface area contributed by atoms with Crippen molar-refractivity contribution in [3.8, 4) is 0 Å². The molecule has 0 aliphatic heterocycles. The molecule has 11 nitrogen and oxygen atoms in total. The second kappa shape index (κ2) is 16.1. The van der Waals surface area contributed by atoms with E-state index in [0.29, 0.717) is 17.4 Å². The van der Waals surface area contributed by atoms with Crippen molar-refractivity contribution in [3.05, 3.63) is 76.8 Å². The Bertz CT molecular complexity index is 1160. The lowest BCUT2D eigenvalue weighted by Gasteiger charge is -2.12. The van der Waals surface area contributed by atoms with E-state index in [2.05, 4.69) is 15.6 Å². The first kappa shape index (κ1) is 30.4. The Morgan fingerprint density at radius 2 is 1.71 bits per heavy atom. The van der Waals surface area contributed by atoms with Gasteiger partial charge in [0, 0.05) is 24.0 Å². The topological polar surface area (TPSA) is 201 Å². The number of nitrogens with zero attached hydrogens (tertiary/aromatic N) is 1. The molecule has 0 aliphatic carbocycles. The van der Waals surface area contributed by atoms with Gasteiger partial charge >= 0.3 is 11.9 Å². The van der Waals surface area contributed by atoms with Crippen molar-refractivity contribution in [1.82, 2.24) is 10.3 Å². The predicted octanol–water partition coefficient (Wildman–Crippen LogP) is 2.04. The quantitative estimate of drug-likeness (QED) is 0.156. The summed E-state index contributed by atoms with van der Waals surface area (Å²) < 4.78 is 0. The maximum absolute atomic E-state index is 12.0. The molecule has 3 aromatic rings. The highest BCUT2D eigenvalue weighted by Gasteiger charge is 2.12. The van der Waals surface area contributed by atoms with Gasteiger partial charge in [0.2, 0.25) is 5.91 Å². The number of carbonyl (C=O) groups excluding carboxylic acids is 1. The molecule has 0 spiro atoms. The Balaban J connectivity index is 0.000000432. The molecule has 9 N–H and O–H groups in total. The van der Waals surface area contributed by atoms with Crippen molar-refractivity contribution in [2.45, 2.75) is 37.8 Å². The van der Waals surface area contributed by atoms with Crippen LogP contribution in [0.1, 0.15) is 35.8 Å². The number of nitrogens with one attached hydrogen (secondary N) is 2. The van der Waals surface area contributed by atoms with Gasteiger partial charge in [-0.15, -0.1) is 11.3 Å². The van der Waals surface area contributed by atoms with Gasteiger partial charge in [-0.2, -0.15) is 0 Å². The number of benzene rings is 2. The largest absolute Gasteiger partial charge is 0.481 e. The zero-order valence-electron chi connectivity index (χ0n) is 20.7. The number of aromatic nitrogens is 1. The minimum absolute atomic E-state index is 0.0231. The zero-order valence-corrected chi connectivity index (χ0v) is 21.6. The van der Waals surface area contributed by atoms with E-state index in [1.165, 1.54) is 11.3 Å². The molecule has 0 saturated heterocycles. The van der Waals surface area contributed by atoms with Gasteiger partial charge in [0.1, 0.15) is 6.04 Å². The molecule has 12 heteroatoms. The van der Waals surface area contributed by atoms with Crippen LogP contribution in [0.4, 0.5) is 10.8 Å². The number of aliphatic carboxylic acids is 2. The van der Waals surface area contributed by atoms with Crippen molar-refractivity contribution >= 4 is 40.0 Å². The number of amides is 1. The summed E-state index contributed by atoms with van der Waals surface area (Å²) in [6.07, 6.45) is 0.321. The van der Waals surface area contributed by atoms with Gasteiger partial charge in [0.25, 0.3) is 0 Å². The standard InChI is InChI=1S/C21H24N4O2S.C5H9NO4/c22-21-25-18(14-28-21)12-20(27)24-17-8-6-15(7-9-17)10-11-23-13-19(26)16-4-2-1-3-5-16;6-3(5(9)10)1-2-4(7)8/h1-9,14,19,23,26H,10-13H2,(H2,22,25)(H,24,27);3H,1-2,6H2,(H,7,8)(H,9,10)/t19-;3-/m00/s1. The van der Waals surface area contributed by atoms with E-state index in [1.807, 2.05) is 54.6 Å². The van der Waals surface area contributed by atoms with E-state index in [4.69, 9.17) is 21.7 Å². The lowest BCUT2D eigenvalue weighted by Crippen LogP contribution is -2.30. The maximum Gasteiger partial charge on any atom is 0.320 e. The molecule has 2 atom stereocenters. The summed E-state index contributed by atoms with van der Waals surface area (Å²) in [5, 5.41) is 34.8. The highest BCUT2D eigenvalue weighted by Crippen LogP contribution is 2.14. The third-order valence-corrected chi connectivity index (χ3v) is 5.97. The maximum atomic E-state index is 12.0. The Kier molecular flexibility index (Phi) is 12.9. The summed E-state index contributed by atoms with van der Waals surface area (Å²) in [6, 6.07) is 16.3. The number of nitrogens with two attached hydrogens (primary N) is 2. The van der Waals surface area contributed by atoms with Gasteiger partial charge < -0.3 is 37.4 Å². The van der Waals surface area contributed by atoms with Crippen LogP contribution >= 0.6 is 11.3 Å². The number of rotatable bonds is 13. The van der Waals surface area contributed by atoms with Gasteiger partial charge in [0.15, 0.2) is 5.13 Å². The third kappa shape index (κ3) is 11.9. The van der Waals surface area contributed by atoms with Crippen LogP contribution in [-0.2, 0) is 27.2 Å². The van der Waals surface area contributed by atoms with E-state index in [0.717, 1.165) is 29.8 Å². The molecule has 0 aliphatic rings. The highest BCUT2D eigenvalue weighted by atomic mass is 32.1. The molecule has 2 aromatic carbocycles. The number of carboxylic acid groups (broad SMARTS) is 2. The van der Waals surface area contributed by atoms with E-state index in [9.17, 15) is 19.5 Å². The Labute approximate surface area is 224 Å². The molecule has 38 heavy (non-hydrogen) atoms. The van der Waals surface area contributed by atoms with Gasteiger partial charge in [0.05, 0.1) is 18.2 Å². The van der Waals surface area contributed by atoms with Crippen molar-refractivity contribution in [2.24, 2.45) is 5.73 Å². The Hall–Kier alpha value is -3.84. The molecule has 3 rings (SSSR count). The van der Waals surface area contributed by atoms with Crippen LogP contribution in [-0.4, -0.2) is 57.3 Å². The van der Waals surface area contributed by atoms with Crippen LogP contribution in [0.2, 0.25) is 0 Å². The summed E-state index contributed by atoms with van der Waals surface area (Å²) in [6.45, 7) is 1.28. The minimum atomic E-state index is -1.17. The first-order chi connectivity index (χ1) is 18.1. The fraction of sp³-hybridized carbons (Fsp3) is 0.308. The number of aliphatic hydroxyl groups excluding tert-OH is 1. The third-order valence-electron chi connectivity index (χ3n) is 5.25. The average molecular weight is 544 g/mol. The van der Waals surface area contributed by atoms with Crippen LogP contribution in [0, 0.1) is 0 Å². The molecule has 0 bridgehead atoms. The fourth-order valence-corrected chi connectivity index (χ4v) is 3.76. The number of anilines is 2. The molecule has 1 aromatic heterocycles. The van der Waals surface area contributed by atoms with Crippen LogP contribution in [0.3, 0.4) is 0 Å². The van der Waals surface area contributed by atoms with E-state index < -0.39 is 24.1 Å². The lowest BCUT2D eigenvalue weighted by atomic mass is 10.1. The molecular formula is C26H33N5O6S. The number of thiazole rings is 1. The molecule has 1 heterocycles. The second-order valence-electron chi connectivity index (χ2n) is 8.36. The van der Waals surface area contributed by atoms with Crippen LogP contribution in [0.15, 0.2) is 60.0 Å². The normalized spacial score (nSPS) is 12.1. The summed E-state index contributed by atoms with van der Waals surface area (Å²) >= 11 is 1.33. The minimum Gasteiger partial charge on any atom is -0.481 e. The number of aliphatic hydroxyl groups is 1. The zero-order chi connectivity index (χ0) is 27.9. The number of hydrogen-bond acceptors (Lipinski definition) is 9. The number of carbonyl (C=O) groups is 3. The Morgan fingerprint density at radius 1 is 1.03 bits per heavy atom. The van der Waals surface area contributed by atoms with Crippen molar-refractivity contribution in [1.29, 1.82) is 0 Å². The van der Waals surface area contributed by atoms with Gasteiger partial charge in [-0.1, -0.05) is 42.5 Å². The van der Waals surface area contributed by atoms with Crippen LogP contribution < -0.4 is 22.1 Å². The van der Waals surface area contributed by atoms with Gasteiger partial charge in [-0.3, -0.25) is 14.4 Å². The molecule has 0 radical (unpaired) electrons. The van der Waals surface area contributed by atoms with Crippen LogP contribution in [0.25, 0.3) is 0 Å². The first-order valence-corrected chi connectivity index (χ1v) is 12.7. The molecule has 0 fully saturated rings. The smallest absolute Gasteiger partial charge is 0.320 e. The SMILES string of the molecule is N[C@@H](CCC(=O)O)C(=O)O.Nc1nc(CC(=O)Nc2ccc(CCNC[C@H](O)c3ccccc3)cc2)cs1.